The molecule has 0 aliphatic rings. The van der Waals surface area contributed by atoms with Gasteiger partial charge in [0.1, 0.15) is 12.1 Å². The summed E-state index contributed by atoms with van der Waals surface area (Å²) in [6.07, 6.45) is 0.770. The lowest BCUT2D eigenvalue weighted by molar-refractivity contribution is 0.421. The Morgan fingerprint density at radius 3 is 1.72 bits per heavy atom. The van der Waals surface area contributed by atoms with Crippen LogP contribution in [-0.4, -0.2) is 36.7 Å². The van der Waals surface area contributed by atoms with E-state index < -0.39 is 7.12 Å². The highest BCUT2D eigenvalue weighted by atomic mass is 79.9. The summed E-state index contributed by atoms with van der Waals surface area (Å²) in [6, 6.07) is 23.2. The fourth-order valence-corrected chi connectivity index (χ4v) is 4.66. The Morgan fingerprint density at radius 2 is 1.33 bits per heavy atom. The lowest BCUT2D eigenvalue weighted by atomic mass is 9.86. The topological polar surface area (TPSA) is 124 Å². The van der Waals surface area contributed by atoms with Gasteiger partial charge in [-0.2, -0.15) is 20.7 Å². The van der Waals surface area contributed by atoms with Crippen molar-refractivity contribution >= 4 is 60.5 Å². The first kappa shape index (κ1) is 29.5. The molecule has 4 rings (SSSR count). The van der Waals surface area contributed by atoms with Gasteiger partial charge in [-0.3, -0.25) is 9.36 Å². The molecule has 0 bridgehead atoms. The van der Waals surface area contributed by atoms with E-state index in [9.17, 15) is 0 Å². The highest BCUT2D eigenvalue weighted by Gasteiger charge is 2.17. The van der Waals surface area contributed by atoms with Crippen molar-refractivity contribution in [2.24, 2.45) is 14.1 Å². The van der Waals surface area contributed by atoms with E-state index in [1.54, 1.807) is 10.8 Å². The average Bonchev–Trinajstić information content (AvgIpc) is 3.43. The number of benzene rings is 2. The van der Waals surface area contributed by atoms with E-state index in [4.69, 9.17) is 20.6 Å². The fourth-order valence-electron chi connectivity index (χ4n) is 2.95. The molecule has 2 aromatic heterocycles. The van der Waals surface area contributed by atoms with E-state index in [2.05, 4.69) is 70.1 Å². The molecule has 2 N–H and O–H groups in total. The number of hydrogen-bond donors (Lipinski definition) is 2. The molecular weight excluding hydrogens is 655 g/mol. The number of alkyl halides is 1. The molecule has 36 heavy (non-hydrogen) atoms. The van der Waals surface area contributed by atoms with E-state index in [1.807, 2.05) is 55.6 Å². The molecule has 2 heterocycles. The lowest BCUT2D eigenvalue weighted by Gasteiger charge is -2.04. The smallest absolute Gasteiger partial charge is 0.422 e. The van der Waals surface area contributed by atoms with Crippen LogP contribution in [0, 0.1) is 22.7 Å². The summed E-state index contributed by atoms with van der Waals surface area (Å²) in [4.78, 5) is 0. The first-order valence-electron chi connectivity index (χ1n) is 10.5. The zero-order chi connectivity index (χ0) is 26.7. The molecule has 0 aliphatic heterocycles. The number of halogens is 3. The van der Waals surface area contributed by atoms with Crippen molar-refractivity contribution in [1.82, 2.24) is 19.6 Å². The quantitative estimate of drug-likeness (QED) is 0.249. The summed E-state index contributed by atoms with van der Waals surface area (Å²) < 4.78 is 5.25. The van der Waals surface area contributed by atoms with Crippen molar-refractivity contribution < 1.29 is 10.0 Å². The number of nitrogens with zero attached hydrogens (tertiary/aromatic N) is 6. The first-order valence-corrected chi connectivity index (χ1v) is 13.2. The van der Waals surface area contributed by atoms with E-state index >= 15 is 0 Å². The third-order valence-corrected chi connectivity index (χ3v) is 6.97. The SMILES string of the molecule is BrCc1ccccc1Br.Cn1nc(C#N)cc1B(O)O.Cn1nc(C#N)cc1Cc1ccccc1Br. The molecule has 0 spiro atoms. The molecule has 2 aromatic carbocycles. The van der Waals surface area contributed by atoms with E-state index in [1.165, 1.54) is 33.4 Å². The molecule has 0 atom stereocenters. The van der Waals surface area contributed by atoms with E-state index in [-0.39, 0.29) is 11.3 Å². The maximum Gasteiger partial charge on any atom is 0.507 e. The Bertz CT molecular complexity index is 1370. The number of hydrogen-bond acceptors (Lipinski definition) is 6. The van der Waals surface area contributed by atoms with Crippen LogP contribution in [0.4, 0.5) is 0 Å². The average molecular weight is 677 g/mol. The maximum atomic E-state index is 8.76. The molecule has 12 heteroatoms. The van der Waals surface area contributed by atoms with Gasteiger partial charge in [0, 0.05) is 40.5 Å². The van der Waals surface area contributed by atoms with Crippen LogP contribution in [0.3, 0.4) is 0 Å². The normalized spacial score (nSPS) is 9.69. The van der Waals surface area contributed by atoms with Crippen LogP contribution in [-0.2, 0) is 25.8 Å². The third kappa shape index (κ3) is 8.73. The Morgan fingerprint density at radius 1 is 0.833 bits per heavy atom. The molecule has 184 valence electrons. The molecule has 0 aliphatic carbocycles. The minimum absolute atomic E-state index is 0.176. The predicted molar refractivity (Wildman–Crippen MR) is 149 cm³/mol. The molecule has 0 radical (unpaired) electrons. The van der Waals surface area contributed by atoms with Crippen molar-refractivity contribution in [3.8, 4) is 12.1 Å². The van der Waals surface area contributed by atoms with Gasteiger partial charge in [-0.25, -0.2) is 0 Å². The van der Waals surface area contributed by atoms with Crippen LogP contribution in [0.15, 0.2) is 69.6 Å². The van der Waals surface area contributed by atoms with Crippen LogP contribution < -0.4 is 5.59 Å². The molecule has 4 aromatic rings. The number of aryl methyl sites for hydroxylation is 2. The molecule has 0 saturated carbocycles. The molecule has 0 amide bonds. The van der Waals surface area contributed by atoms with Gasteiger partial charge in [0.15, 0.2) is 11.4 Å². The molecule has 8 nitrogen and oxygen atoms in total. The van der Waals surface area contributed by atoms with Gasteiger partial charge < -0.3 is 10.0 Å². The second-order valence-corrected chi connectivity index (χ2v) is 9.58. The monoisotopic (exact) mass is 674 g/mol. The molecular formula is C24H22BBr3N6O2. The summed E-state index contributed by atoms with van der Waals surface area (Å²) >= 11 is 10.3. The van der Waals surface area contributed by atoms with Crippen LogP contribution in [0.5, 0.6) is 0 Å². The van der Waals surface area contributed by atoms with Crippen molar-refractivity contribution in [3.05, 3.63) is 97.8 Å². The van der Waals surface area contributed by atoms with Crippen LogP contribution in [0.1, 0.15) is 28.2 Å². The Kier molecular flexibility index (Phi) is 12.1. The van der Waals surface area contributed by atoms with Crippen LogP contribution in [0.25, 0.3) is 0 Å². The summed E-state index contributed by atoms with van der Waals surface area (Å²) in [5.41, 5.74) is 4.36. The van der Waals surface area contributed by atoms with E-state index in [0.29, 0.717) is 5.69 Å². The summed E-state index contributed by atoms with van der Waals surface area (Å²) in [7, 11) is 1.82. The van der Waals surface area contributed by atoms with Crippen molar-refractivity contribution in [2.45, 2.75) is 11.8 Å². The highest BCUT2D eigenvalue weighted by molar-refractivity contribution is 9.11. The van der Waals surface area contributed by atoms with Crippen molar-refractivity contribution in [1.29, 1.82) is 10.5 Å². The zero-order valence-electron chi connectivity index (χ0n) is 19.5. The van der Waals surface area contributed by atoms with Gasteiger partial charge in [-0.05, 0) is 35.4 Å². The Balaban J connectivity index is 0.000000200. The summed E-state index contributed by atoms with van der Waals surface area (Å²) in [5, 5.41) is 43.2. The van der Waals surface area contributed by atoms with Gasteiger partial charge in [-0.1, -0.05) is 84.2 Å². The van der Waals surface area contributed by atoms with Crippen molar-refractivity contribution in [3.63, 3.8) is 0 Å². The summed E-state index contributed by atoms with van der Waals surface area (Å²) in [6.45, 7) is 0. The number of aromatic nitrogens is 4. The first-order chi connectivity index (χ1) is 17.2. The Hall–Kier alpha value is -2.74. The predicted octanol–water partition coefficient (Wildman–Crippen LogP) is 3.96. The van der Waals surface area contributed by atoms with Gasteiger partial charge in [0.25, 0.3) is 0 Å². The van der Waals surface area contributed by atoms with Crippen molar-refractivity contribution in [2.75, 3.05) is 0 Å². The van der Waals surface area contributed by atoms with Gasteiger partial charge >= 0.3 is 7.12 Å². The standard InChI is InChI=1S/C12H10BrN3.C7H6Br2.C5H6BN3O2/c1-16-11(7-10(8-14)15-16)6-9-4-2-3-5-12(9)13;8-5-6-3-1-2-4-7(6)9;1-9-5(6(10)11)2-4(3-7)8-9/h2-5,7H,6H2,1H3;1-4H,5H2;2,10-11H,1H3. The highest BCUT2D eigenvalue weighted by Crippen LogP contribution is 2.20. The van der Waals surface area contributed by atoms with Crippen LogP contribution >= 0.6 is 47.8 Å². The largest absolute Gasteiger partial charge is 0.507 e. The molecule has 0 unspecified atom stereocenters. The lowest BCUT2D eigenvalue weighted by Crippen LogP contribution is -2.35. The third-order valence-electron chi connectivity index (χ3n) is 4.82. The molecule has 0 saturated heterocycles. The Labute approximate surface area is 235 Å². The van der Waals surface area contributed by atoms with Gasteiger partial charge in [0.05, 0.1) is 5.59 Å². The fraction of sp³-hybridized carbons (Fsp3) is 0.167. The minimum atomic E-state index is -1.57. The number of nitriles is 2. The maximum absolute atomic E-state index is 8.76. The van der Waals surface area contributed by atoms with E-state index in [0.717, 1.165) is 21.9 Å². The molecule has 0 fully saturated rings. The minimum Gasteiger partial charge on any atom is -0.422 e. The number of rotatable bonds is 4. The zero-order valence-corrected chi connectivity index (χ0v) is 24.2. The second kappa shape index (κ2) is 14.7. The van der Waals surface area contributed by atoms with Gasteiger partial charge in [-0.15, -0.1) is 0 Å². The van der Waals surface area contributed by atoms with Crippen LogP contribution in [0.2, 0.25) is 0 Å². The second-order valence-electron chi connectivity index (χ2n) is 7.31. The van der Waals surface area contributed by atoms with Gasteiger partial charge in [0.2, 0.25) is 0 Å². The summed E-state index contributed by atoms with van der Waals surface area (Å²) in [5.74, 6) is 0.